The smallest absolute Gasteiger partial charge is 0.294 e. The average molecular weight is 432 g/mol. The Morgan fingerprint density at radius 3 is 2.54 bits per heavy atom. The van der Waals surface area contributed by atoms with E-state index in [2.05, 4.69) is 9.97 Å². The highest BCUT2D eigenvalue weighted by Gasteiger charge is 2.31. The molecule has 28 heavy (non-hydrogen) atoms. The zero-order chi connectivity index (χ0) is 20.7. The van der Waals surface area contributed by atoms with Gasteiger partial charge in [0.25, 0.3) is 5.56 Å². The zero-order valence-corrected chi connectivity index (χ0v) is 15.9. The van der Waals surface area contributed by atoms with Gasteiger partial charge in [0.15, 0.2) is 15.5 Å². The molecule has 6 nitrogen and oxygen atoms in total. The average Bonchev–Trinajstić information content (AvgIpc) is 2.63. The van der Waals surface area contributed by atoms with Crippen LogP contribution in [0.25, 0.3) is 11.0 Å². The highest BCUT2D eigenvalue weighted by molar-refractivity contribution is 7.91. The van der Waals surface area contributed by atoms with E-state index in [-0.39, 0.29) is 38.8 Å². The van der Waals surface area contributed by atoms with Crippen molar-refractivity contribution in [2.75, 3.05) is 5.75 Å². The lowest BCUT2D eigenvalue weighted by Gasteiger charge is -2.12. The summed E-state index contributed by atoms with van der Waals surface area (Å²) in [4.78, 5) is 20.1. The molecule has 0 saturated heterocycles. The molecule has 0 spiro atoms. The molecule has 1 aromatic carbocycles. The minimum absolute atomic E-state index is 0.00596. The Kier molecular flexibility index (Phi) is 5.20. The predicted molar refractivity (Wildman–Crippen MR) is 97.1 cm³/mol. The lowest BCUT2D eigenvalue weighted by atomic mass is 10.2. The fourth-order valence-electron chi connectivity index (χ4n) is 2.63. The first kappa shape index (κ1) is 20.3. The van der Waals surface area contributed by atoms with Gasteiger partial charge >= 0.3 is 6.18 Å². The molecule has 2 aromatic heterocycles. The van der Waals surface area contributed by atoms with Crippen LogP contribution in [0.3, 0.4) is 0 Å². The molecule has 2 heterocycles. The van der Waals surface area contributed by atoms with Crippen molar-refractivity contribution in [1.29, 1.82) is 0 Å². The number of hydrogen-bond donors (Lipinski definition) is 0. The third-order valence-electron chi connectivity index (χ3n) is 4.08. The van der Waals surface area contributed by atoms with E-state index in [1.165, 1.54) is 25.1 Å². The summed E-state index contributed by atoms with van der Waals surface area (Å²) in [5.74, 6) is -0.161. The number of nitrogens with zero attached hydrogens (tertiary/aromatic N) is 3. The van der Waals surface area contributed by atoms with E-state index >= 15 is 0 Å². The van der Waals surface area contributed by atoms with Gasteiger partial charge in [0.2, 0.25) is 0 Å². The minimum Gasteiger partial charge on any atom is -0.294 e. The van der Waals surface area contributed by atoms with Crippen LogP contribution in [0.15, 0.2) is 46.5 Å². The van der Waals surface area contributed by atoms with Gasteiger partial charge in [0.05, 0.1) is 28.1 Å². The Hall–Kier alpha value is -2.46. The molecule has 0 unspecified atom stereocenters. The molecule has 0 saturated carbocycles. The molecule has 0 amide bonds. The summed E-state index contributed by atoms with van der Waals surface area (Å²) >= 11 is 5.95. The van der Waals surface area contributed by atoms with Crippen LogP contribution in [-0.4, -0.2) is 28.7 Å². The van der Waals surface area contributed by atoms with Crippen molar-refractivity contribution >= 4 is 32.5 Å². The topological polar surface area (TPSA) is 81.9 Å². The van der Waals surface area contributed by atoms with Gasteiger partial charge in [-0.15, -0.1) is 0 Å². The molecule has 0 aliphatic carbocycles. The standard InChI is InChI=1S/C17H13ClF3N3O3S/c1-2-28(26,27)14-4-3-12(18)5-10(14)8-24-9-23-15-13(16(24)25)6-11(7-22-15)17(19,20)21/h3-7,9H,2,8H2,1H3. The third kappa shape index (κ3) is 3.88. The SMILES string of the molecule is CCS(=O)(=O)c1ccc(Cl)cc1Cn1cnc2ncc(C(F)(F)F)cc2c1=O. The Labute approximate surface area is 162 Å². The Morgan fingerprint density at radius 1 is 1.18 bits per heavy atom. The highest BCUT2D eigenvalue weighted by Crippen LogP contribution is 2.29. The number of sulfone groups is 1. The molecular weight excluding hydrogens is 419 g/mol. The number of benzene rings is 1. The number of fused-ring (bicyclic) bond motifs is 1. The number of pyridine rings is 1. The molecule has 148 valence electrons. The van der Waals surface area contributed by atoms with Crippen molar-refractivity contribution in [3.8, 4) is 0 Å². The predicted octanol–water partition coefficient (Wildman–Crippen LogP) is 3.31. The summed E-state index contributed by atoms with van der Waals surface area (Å²) in [6.07, 6.45) is -2.96. The second kappa shape index (κ2) is 7.17. The van der Waals surface area contributed by atoms with Crippen LogP contribution < -0.4 is 5.56 Å². The van der Waals surface area contributed by atoms with E-state index in [4.69, 9.17) is 11.6 Å². The fraction of sp³-hybridized carbons (Fsp3) is 0.235. The van der Waals surface area contributed by atoms with Crippen molar-refractivity contribution < 1.29 is 21.6 Å². The van der Waals surface area contributed by atoms with Gasteiger partial charge in [-0.2, -0.15) is 13.2 Å². The first-order valence-electron chi connectivity index (χ1n) is 7.96. The number of aromatic nitrogens is 3. The summed E-state index contributed by atoms with van der Waals surface area (Å²) in [5, 5.41) is -0.0628. The van der Waals surface area contributed by atoms with Crippen molar-refractivity contribution in [1.82, 2.24) is 14.5 Å². The number of rotatable bonds is 4. The number of halogens is 4. The van der Waals surface area contributed by atoms with Crippen LogP contribution >= 0.6 is 11.6 Å². The minimum atomic E-state index is -4.66. The molecule has 11 heteroatoms. The summed E-state index contributed by atoms with van der Waals surface area (Å²) in [6.45, 7) is 1.24. The van der Waals surface area contributed by atoms with Crippen LogP contribution in [0.1, 0.15) is 18.1 Å². The van der Waals surface area contributed by atoms with Crippen molar-refractivity contribution in [2.24, 2.45) is 0 Å². The normalized spacial score (nSPS) is 12.5. The van der Waals surface area contributed by atoms with Crippen LogP contribution in [-0.2, 0) is 22.6 Å². The van der Waals surface area contributed by atoms with Crippen LogP contribution in [0.4, 0.5) is 13.2 Å². The van der Waals surface area contributed by atoms with E-state index < -0.39 is 27.1 Å². The molecular formula is C17H13ClF3N3O3S. The number of alkyl halides is 3. The van der Waals surface area contributed by atoms with Crippen molar-refractivity contribution in [2.45, 2.75) is 24.5 Å². The largest absolute Gasteiger partial charge is 0.417 e. The van der Waals surface area contributed by atoms with Crippen molar-refractivity contribution in [3.63, 3.8) is 0 Å². The first-order chi connectivity index (χ1) is 13.0. The Bertz CT molecular complexity index is 1220. The van der Waals surface area contributed by atoms with Gasteiger partial charge in [-0.3, -0.25) is 9.36 Å². The molecule has 0 aliphatic heterocycles. The maximum absolute atomic E-state index is 12.9. The maximum Gasteiger partial charge on any atom is 0.417 e. The van der Waals surface area contributed by atoms with Crippen LogP contribution in [0.5, 0.6) is 0 Å². The lowest BCUT2D eigenvalue weighted by molar-refractivity contribution is -0.137. The van der Waals surface area contributed by atoms with E-state index in [9.17, 15) is 26.4 Å². The lowest BCUT2D eigenvalue weighted by Crippen LogP contribution is -2.23. The van der Waals surface area contributed by atoms with E-state index in [1.807, 2.05) is 0 Å². The summed E-state index contributed by atoms with van der Waals surface area (Å²) < 4.78 is 64.3. The van der Waals surface area contributed by atoms with Gasteiger partial charge in [0, 0.05) is 11.2 Å². The molecule has 0 fully saturated rings. The summed E-state index contributed by atoms with van der Waals surface area (Å²) in [7, 11) is -3.60. The van der Waals surface area contributed by atoms with Gasteiger partial charge in [0.1, 0.15) is 6.33 Å². The molecule has 0 atom stereocenters. The molecule has 0 N–H and O–H groups in total. The number of hydrogen-bond acceptors (Lipinski definition) is 5. The Morgan fingerprint density at radius 2 is 1.89 bits per heavy atom. The second-order valence-electron chi connectivity index (χ2n) is 5.93. The van der Waals surface area contributed by atoms with Gasteiger partial charge in [-0.05, 0) is 29.8 Å². The molecule has 0 radical (unpaired) electrons. The van der Waals surface area contributed by atoms with Crippen LogP contribution in [0.2, 0.25) is 5.02 Å². The Balaban J connectivity index is 2.15. The third-order valence-corrected chi connectivity index (χ3v) is 6.15. The maximum atomic E-state index is 12.9. The quantitative estimate of drug-likeness (QED) is 0.633. The van der Waals surface area contributed by atoms with Crippen LogP contribution in [0, 0.1) is 0 Å². The zero-order valence-electron chi connectivity index (χ0n) is 14.4. The van der Waals surface area contributed by atoms with Crippen molar-refractivity contribution in [3.05, 3.63) is 63.3 Å². The van der Waals surface area contributed by atoms with E-state index in [1.54, 1.807) is 0 Å². The monoisotopic (exact) mass is 431 g/mol. The van der Waals surface area contributed by atoms with Gasteiger partial charge in [-0.1, -0.05) is 18.5 Å². The molecule has 3 rings (SSSR count). The van der Waals surface area contributed by atoms with E-state index in [0.29, 0.717) is 12.3 Å². The second-order valence-corrected chi connectivity index (χ2v) is 8.61. The highest BCUT2D eigenvalue weighted by atomic mass is 35.5. The summed E-state index contributed by atoms with van der Waals surface area (Å²) in [5.41, 5.74) is -1.75. The van der Waals surface area contributed by atoms with E-state index in [0.717, 1.165) is 10.9 Å². The molecule has 0 aliphatic rings. The van der Waals surface area contributed by atoms with Gasteiger partial charge < -0.3 is 0 Å². The first-order valence-corrected chi connectivity index (χ1v) is 9.99. The molecule has 0 bridgehead atoms. The fourth-order valence-corrected chi connectivity index (χ4v) is 3.94. The van der Waals surface area contributed by atoms with Gasteiger partial charge in [-0.25, -0.2) is 18.4 Å². The summed E-state index contributed by atoms with van der Waals surface area (Å²) in [6, 6.07) is 4.81. The molecule has 3 aromatic rings.